The zero-order chi connectivity index (χ0) is 12.3. The standard InChI is InChI=1S/C15H23NS/c1-4-15(3,5-2)16-10-12-11-17-14-9-7-6-8-13(12)14/h6-9,12,16H,4-5,10-11H2,1-3H3. The van der Waals surface area contributed by atoms with E-state index < -0.39 is 0 Å². The molecule has 2 heteroatoms. The highest BCUT2D eigenvalue weighted by Gasteiger charge is 2.25. The maximum atomic E-state index is 3.76. The Kier molecular flexibility index (Phi) is 4.16. The van der Waals surface area contributed by atoms with E-state index in [1.54, 1.807) is 5.56 Å². The van der Waals surface area contributed by atoms with Gasteiger partial charge < -0.3 is 5.32 Å². The molecule has 0 aliphatic carbocycles. The van der Waals surface area contributed by atoms with Gasteiger partial charge in [0.2, 0.25) is 0 Å². The molecule has 1 aliphatic rings. The van der Waals surface area contributed by atoms with Gasteiger partial charge in [-0.1, -0.05) is 32.0 Å². The molecule has 1 aromatic carbocycles. The van der Waals surface area contributed by atoms with Gasteiger partial charge in [-0.05, 0) is 31.4 Å². The van der Waals surface area contributed by atoms with E-state index in [0.717, 1.165) is 6.54 Å². The first-order chi connectivity index (χ1) is 8.18. The fourth-order valence-electron chi connectivity index (χ4n) is 2.27. The topological polar surface area (TPSA) is 12.0 Å². The Balaban J connectivity index is 1.98. The van der Waals surface area contributed by atoms with Gasteiger partial charge in [0.25, 0.3) is 0 Å². The molecule has 0 saturated heterocycles. The lowest BCUT2D eigenvalue weighted by atomic mass is 9.93. The lowest BCUT2D eigenvalue weighted by Gasteiger charge is -2.30. The highest BCUT2D eigenvalue weighted by Crippen LogP contribution is 2.39. The smallest absolute Gasteiger partial charge is 0.0148 e. The summed E-state index contributed by atoms with van der Waals surface area (Å²) in [5.74, 6) is 1.92. The molecule has 1 heterocycles. The Labute approximate surface area is 109 Å². The fourth-order valence-corrected chi connectivity index (χ4v) is 3.52. The van der Waals surface area contributed by atoms with Crippen molar-refractivity contribution in [3.8, 4) is 0 Å². The average molecular weight is 249 g/mol. The van der Waals surface area contributed by atoms with Crippen molar-refractivity contribution in [2.75, 3.05) is 12.3 Å². The van der Waals surface area contributed by atoms with Crippen LogP contribution in [-0.2, 0) is 0 Å². The first kappa shape index (κ1) is 13.0. The van der Waals surface area contributed by atoms with Gasteiger partial charge in [-0.15, -0.1) is 11.8 Å². The summed E-state index contributed by atoms with van der Waals surface area (Å²) in [6, 6.07) is 8.84. The molecule has 1 atom stereocenters. The van der Waals surface area contributed by atoms with Crippen LogP contribution in [-0.4, -0.2) is 17.8 Å². The van der Waals surface area contributed by atoms with Crippen molar-refractivity contribution in [2.24, 2.45) is 0 Å². The summed E-state index contributed by atoms with van der Waals surface area (Å²) in [7, 11) is 0. The molecular formula is C15H23NS. The molecule has 0 aromatic heterocycles. The van der Waals surface area contributed by atoms with Crippen molar-refractivity contribution in [1.29, 1.82) is 0 Å². The van der Waals surface area contributed by atoms with Gasteiger partial charge in [-0.25, -0.2) is 0 Å². The summed E-state index contributed by atoms with van der Waals surface area (Å²) in [5.41, 5.74) is 1.85. The number of hydrogen-bond acceptors (Lipinski definition) is 2. The molecule has 1 N–H and O–H groups in total. The van der Waals surface area contributed by atoms with Crippen molar-refractivity contribution < 1.29 is 0 Å². The first-order valence-electron chi connectivity index (χ1n) is 6.65. The van der Waals surface area contributed by atoms with E-state index in [9.17, 15) is 0 Å². The first-order valence-corrected chi connectivity index (χ1v) is 7.64. The third kappa shape index (κ3) is 2.86. The molecule has 17 heavy (non-hydrogen) atoms. The zero-order valence-electron chi connectivity index (χ0n) is 11.1. The highest BCUT2D eigenvalue weighted by molar-refractivity contribution is 7.99. The third-order valence-corrected chi connectivity index (χ3v) is 5.39. The number of fused-ring (bicyclic) bond motifs is 1. The van der Waals surface area contributed by atoms with E-state index in [1.807, 2.05) is 11.8 Å². The minimum atomic E-state index is 0.308. The molecule has 0 bridgehead atoms. The second kappa shape index (κ2) is 5.45. The van der Waals surface area contributed by atoms with Gasteiger partial charge in [0.1, 0.15) is 0 Å². The monoisotopic (exact) mass is 249 g/mol. The summed E-state index contributed by atoms with van der Waals surface area (Å²) < 4.78 is 0. The number of rotatable bonds is 5. The van der Waals surface area contributed by atoms with Gasteiger partial charge in [-0.2, -0.15) is 0 Å². The van der Waals surface area contributed by atoms with Crippen molar-refractivity contribution >= 4 is 11.8 Å². The van der Waals surface area contributed by atoms with Crippen molar-refractivity contribution in [2.45, 2.75) is 50.0 Å². The van der Waals surface area contributed by atoms with Crippen LogP contribution < -0.4 is 5.32 Å². The van der Waals surface area contributed by atoms with Crippen LogP contribution in [0, 0.1) is 0 Å². The fraction of sp³-hybridized carbons (Fsp3) is 0.600. The normalized spacial score (nSPS) is 19.4. The van der Waals surface area contributed by atoms with Crippen LogP contribution in [0.25, 0.3) is 0 Å². The highest BCUT2D eigenvalue weighted by atomic mass is 32.2. The molecule has 1 unspecified atom stereocenters. The van der Waals surface area contributed by atoms with Crippen LogP contribution >= 0.6 is 11.8 Å². The van der Waals surface area contributed by atoms with E-state index in [-0.39, 0.29) is 0 Å². The van der Waals surface area contributed by atoms with Crippen LogP contribution in [0.1, 0.15) is 45.1 Å². The predicted molar refractivity (Wildman–Crippen MR) is 76.9 cm³/mol. The minimum absolute atomic E-state index is 0.308. The number of thioether (sulfide) groups is 1. The molecular weight excluding hydrogens is 226 g/mol. The van der Waals surface area contributed by atoms with E-state index in [4.69, 9.17) is 0 Å². The maximum absolute atomic E-state index is 3.76. The summed E-state index contributed by atoms with van der Waals surface area (Å²) in [4.78, 5) is 1.48. The van der Waals surface area contributed by atoms with Crippen LogP contribution in [0.3, 0.4) is 0 Å². The molecule has 2 rings (SSSR count). The number of hydrogen-bond donors (Lipinski definition) is 1. The molecule has 0 saturated carbocycles. The molecule has 1 aliphatic heterocycles. The van der Waals surface area contributed by atoms with Gasteiger partial charge in [-0.3, -0.25) is 0 Å². The second-order valence-electron chi connectivity index (χ2n) is 5.19. The van der Waals surface area contributed by atoms with Gasteiger partial charge in [0.15, 0.2) is 0 Å². The second-order valence-corrected chi connectivity index (χ2v) is 6.26. The van der Waals surface area contributed by atoms with E-state index in [2.05, 4.69) is 50.4 Å². The van der Waals surface area contributed by atoms with Gasteiger partial charge >= 0.3 is 0 Å². The van der Waals surface area contributed by atoms with Gasteiger partial charge in [0.05, 0.1) is 0 Å². The minimum Gasteiger partial charge on any atom is -0.311 e. The molecule has 0 fully saturated rings. The maximum Gasteiger partial charge on any atom is 0.0148 e. The van der Waals surface area contributed by atoms with Crippen LogP contribution in [0.2, 0.25) is 0 Å². The molecule has 1 aromatic rings. The summed E-state index contributed by atoms with van der Waals surface area (Å²) in [5, 5.41) is 3.76. The Morgan fingerprint density at radius 1 is 1.29 bits per heavy atom. The van der Waals surface area contributed by atoms with Crippen LogP contribution in [0.5, 0.6) is 0 Å². The predicted octanol–water partition coefficient (Wildman–Crippen LogP) is 4.04. The molecule has 0 amide bonds. The van der Waals surface area contributed by atoms with Crippen LogP contribution in [0.4, 0.5) is 0 Å². The Bertz CT molecular complexity index is 371. The SMILES string of the molecule is CCC(C)(CC)NCC1CSc2ccccc21. The molecule has 0 spiro atoms. The lowest BCUT2D eigenvalue weighted by Crippen LogP contribution is -2.43. The third-order valence-electron chi connectivity index (χ3n) is 4.13. The van der Waals surface area contributed by atoms with E-state index in [0.29, 0.717) is 11.5 Å². The van der Waals surface area contributed by atoms with Crippen molar-refractivity contribution in [3.63, 3.8) is 0 Å². The summed E-state index contributed by atoms with van der Waals surface area (Å²) in [6.07, 6.45) is 2.40. The Morgan fingerprint density at radius 3 is 2.71 bits per heavy atom. The van der Waals surface area contributed by atoms with Crippen LogP contribution in [0.15, 0.2) is 29.2 Å². The average Bonchev–Trinajstić information content (AvgIpc) is 2.79. The Morgan fingerprint density at radius 2 is 2.00 bits per heavy atom. The van der Waals surface area contributed by atoms with Crippen molar-refractivity contribution in [3.05, 3.63) is 29.8 Å². The van der Waals surface area contributed by atoms with Crippen molar-refractivity contribution in [1.82, 2.24) is 5.32 Å². The van der Waals surface area contributed by atoms with E-state index in [1.165, 1.54) is 23.5 Å². The zero-order valence-corrected chi connectivity index (χ0v) is 11.9. The lowest BCUT2D eigenvalue weighted by molar-refractivity contribution is 0.326. The summed E-state index contributed by atoms with van der Waals surface area (Å²) >= 11 is 2.00. The Hall–Kier alpha value is -0.470. The van der Waals surface area contributed by atoms with E-state index >= 15 is 0 Å². The summed E-state index contributed by atoms with van der Waals surface area (Å²) in [6.45, 7) is 7.99. The largest absolute Gasteiger partial charge is 0.311 e. The molecule has 1 nitrogen and oxygen atoms in total. The molecule has 94 valence electrons. The quantitative estimate of drug-likeness (QED) is 0.845. The number of nitrogens with one attached hydrogen (secondary N) is 1. The number of benzene rings is 1. The molecule has 0 radical (unpaired) electrons. The van der Waals surface area contributed by atoms with Gasteiger partial charge in [0, 0.05) is 28.6 Å².